The van der Waals surface area contributed by atoms with E-state index in [2.05, 4.69) is 5.32 Å². The Kier molecular flexibility index (Phi) is 1.62. The number of nitrogens with zero attached hydrogens (tertiary/aromatic N) is 1. The number of aliphatic hydroxyl groups excluding tert-OH is 1. The maximum atomic E-state index is 8.62. The van der Waals surface area contributed by atoms with E-state index in [9.17, 15) is 0 Å². The number of ether oxygens (including phenoxy) is 1. The lowest BCUT2D eigenvalue weighted by Crippen LogP contribution is -2.35. The predicted octanol–water partition coefficient (Wildman–Crippen LogP) is -1.06. The maximum Gasteiger partial charge on any atom is 0.143 e. The summed E-state index contributed by atoms with van der Waals surface area (Å²) in [6.07, 6.45) is -0.561. The summed E-state index contributed by atoms with van der Waals surface area (Å²) in [5.74, 6) is 0. The van der Waals surface area contributed by atoms with Gasteiger partial charge in [0.1, 0.15) is 6.23 Å². The molecule has 7 heavy (non-hydrogen) atoms. The fourth-order valence-electron chi connectivity index (χ4n) is 0.508. The minimum Gasteiger partial charge on any atom is -0.376 e. The minimum absolute atomic E-state index is 0.375. The standard InChI is InChI=1S/C4H8NO2/c6-4-3-7-2-1-5-4/h4,6H,1-3H2. The first kappa shape index (κ1) is 5.03. The first-order chi connectivity index (χ1) is 3.39. The Labute approximate surface area is 42.3 Å². The van der Waals surface area contributed by atoms with E-state index in [1.54, 1.807) is 0 Å². The van der Waals surface area contributed by atoms with Gasteiger partial charge in [-0.1, -0.05) is 0 Å². The third-order valence-electron chi connectivity index (χ3n) is 0.842. The summed E-state index contributed by atoms with van der Waals surface area (Å²) in [7, 11) is 0. The Morgan fingerprint density at radius 3 is 2.86 bits per heavy atom. The summed E-state index contributed by atoms with van der Waals surface area (Å²) in [4.78, 5) is 0. The highest BCUT2D eigenvalue weighted by atomic mass is 16.5. The molecule has 0 spiro atoms. The summed E-state index contributed by atoms with van der Waals surface area (Å²) in [6.45, 7) is 1.68. The summed E-state index contributed by atoms with van der Waals surface area (Å²) in [5, 5.41) is 12.4. The normalized spacial score (nSPS) is 33.0. The van der Waals surface area contributed by atoms with Crippen LogP contribution in [0.1, 0.15) is 0 Å². The Bertz CT molecular complexity index is 51.7. The zero-order valence-corrected chi connectivity index (χ0v) is 4.00. The number of morpholine rings is 1. The van der Waals surface area contributed by atoms with Crippen molar-refractivity contribution in [1.82, 2.24) is 5.32 Å². The molecule has 1 rings (SSSR count). The van der Waals surface area contributed by atoms with E-state index in [0.717, 1.165) is 0 Å². The molecule has 1 atom stereocenters. The maximum absolute atomic E-state index is 8.62. The number of aliphatic hydroxyl groups is 1. The third-order valence-corrected chi connectivity index (χ3v) is 0.842. The molecule has 1 fully saturated rings. The minimum atomic E-state index is -0.561. The van der Waals surface area contributed by atoms with Crippen molar-refractivity contribution < 1.29 is 9.84 Å². The van der Waals surface area contributed by atoms with Crippen LogP contribution in [-0.4, -0.2) is 31.1 Å². The average molecular weight is 102 g/mol. The molecule has 0 aromatic carbocycles. The molecule has 1 radical (unpaired) electrons. The van der Waals surface area contributed by atoms with E-state index in [1.165, 1.54) is 0 Å². The Balaban J connectivity index is 2.12. The van der Waals surface area contributed by atoms with E-state index in [0.29, 0.717) is 19.8 Å². The van der Waals surface area contributed by atoms with Crippen LogP contribution in [0.15, 0.2) is 0 Å². The number of hydrogen-bond donors (Lipinski definition) is 1. The zero-order chi connectivity index (χ0) is 5.11. The van der Waals surface area contributed by atoms with Crippen molar-refractivity contribution in [1.29, 1.82) is 0 Å². The molecular weight excluding hydrogens is 94.0 g/mol. The van der Waals surface area contributed by atoms with Crippen molar-refractivity contribution in [2.75, 3.05) is 19.8 Å². The van der Waals surface area contributed by atoms with Gasteiger partial charge in [0, 0.05) is 6.54 Å². The lowest BCUT2D eigenvalue weighted by Gasteiger charge is -2.15. The quantitative estimate of drug-likeness (QED) is 0.423. The second-order valence-electron chi connectivity index (χ2n) is 1.46. The fourth-order valence-corrected chi connectivity index (χ4v) is 0.508. The monoisotopic (exact) mass is 102 g/mol. The molecule has 1 N–H and O–H groups in total. The van der Waals surface area contributed by atoms with Gasteiger partial charge in [-0.2, -0.15) is 0 Å². The number of rotatable bonds is 0. The first-order valence-electron chi connectivity index (χ1n) is 2.32. The summed E-state index contributed by atoms with van der Waals surface area (Å²) in [5.41, 5.74) is 0. The van der Waals surface area contributed by atoms with Gasteiger partial charge in [-0.05, 0) is 0 Å². The van der Waals surface area contributed by atoms with Gasteiger partial charge < -0.3 is 9.84 Å². The number of hydrogen-bond acceptors (Lipinski definition) is 2. The van der Waals surface area contributed by atoms with Gasteiger partial charge in [0.25, 0.3) is 0 Å². The van der Waals surface area contributed by atoms with E-state index < -0.39 is 6.23 Å². The van der Waals surface area contributed by atoms with E-state index in [4.69, 9.17) is 9.84 Å². The lowest BCUT2D eigenvalue weighted by molar-refractivity contribution is -0.0190. The molecule has 41 valence electrons. The van der Waals surface area contributed by atoms with Crippen molar-refractivity contribution in [3.05, 3.63) is 0 Å². The summed E-state index contributed by atoms with van der Waals surface area (Å²) in [6, 6.07) is 0. The Morgan fingerprint density at radius 1 is 1.71 bits per heavy atom. The molecule has 0 aromatic rings. The van der Waals surface area contributed by atoms with Crippen molar-refractivity contribution in [2.45, 2.75) is 6.23 Å². The summed E-state index contributed by atoms with van der Waals surface area (Å²) < 4.78 is 4.84. The molecule has 1 unspecified atom stereocenters. The average Bonchev–Trinajstić information content (AvgIpc) is 1.69. The third kappa shape index (κ3) is 1.43. The zero-order valence-electron chi connectivity index (χ0n) is 4.00. The second kappa shape index (κ2) is 2.26. The first-order valence-corrected chi connectivity index (χ1v) is 2.32. The van der Waals surface area contributed by atoms with Gasteiger partial charge in [0.05, 0.1) is 13.2 Å². The topological polar surface area (TPSA) is 43.6 Å². The van der Waals surface area contributed by atoms with E-state index in [1.807, 2.05) is 0 Å². The van der Waals surface area contributed by atoms with Crippen molar-refractivity contribution in [3.63, 3.8) is 0 Å². The van der Waals surface area contributed by atoms with Crippen molar-refractivity contribution in [2.24, 2.45) is 0 Å². The van der Waals surface area contributed by atoms with Crippen LogP contribution in [0.4, 0.5) is 0 Å². The molecule has 1 heterocycles. The van der Waals surface area contributed by atoms with Crippen LogP contribution < -0.4 is 5.32 Å². The van der Waals surface area contributed by atoms with Crippen LogP contribution in [-0.2, 0) is 4.74 Å². The molecule has 0 aromatic heterocycles. The van der Waals surface area contributed by atoms with Gasteiger partial charge >= 0.3 is 0 Å². The molecule has 0 amide bonds. The second-order valence-corrected chi connectivity index (χ2v) is 1.46. The summed E-state index contributed by atoms with van der Waals surface area (Å²) >= 11 is 0. The molecule has 3 heteroatoms. The van der Waals surface area contributed by atoms with Crippen LogP contribution in [0.5, 0.6) is 0 Å². The molecule has 3 nitrogen and oxygen atoms in total. The van der Waals surface area contributed by atoms with Crippen LogP contribution >= 0.6 is 0 Å². The molecule has 0 aliphatic carbocycles. The van der Waals surface area contributed by atoms with Gasteiger partial charge in [0.2, 0.25) is 0 Å². The molecule has 1 saturated heterocycles. The van der Waals surface area contributed by atoms with Gasteiger partial charge in [0.15, 0.2) is 0 Å². The molecule has 1 aliphatic rings. The van der Waals surface area contributed by atoms with Gasteiger partial charge in [-0.25, -0.2) is 5.32 Å². The van der Waals surface area contributed by atoms with Crippen molar-refractivity contribution in [3.8, 4) is 0 Å². The fraction of sp³-hybridized carbons (Fsp3) is 1.00. The molecule has 0 bridgehead atoms. The Morgan fingerprint density at radius 2 is 2.57 bits per heavy atom. The lowest BCUT2D eigenvalue weighted by atomic mass is 10.5. The van der Waals surface area contributed by atoms with Gasteiger partial charge in [-0.3, -0.25) is 0 Å². The van der Waals surface area contributed by atoms with Crippen LogP contribution in [0, 0.1) is 0 Å². The van der Waals surface area contributed by atoms with Crippen LogP contribution in [0.25, 0.3) is 0 Å². The molecule has 0 saturated carbocycles. The highest BCUT2D eigenvalue weighted by Crippen LogP contribution is 1.88. The SMILES string of the molecule is OC1COCC[N]1. The van der Waals surface area contributed by atoms with Crippen LogP contribution in [0.3, 0.4) is 0 Å². The Hall–Kier alpha value is -0.120. The van der Waals surface area contributed by atoms with Crippen molar-refractivity contribution >= 4 is 0 Å². The molecule has 1 aliphatic heterocycles. The predicted molar refractivity (Wildman–Crippen MR) is 23.8 cm³/mol. The van der Waals surface area contributed by atoms with Crippen LogP contribution in [0.2, 0.25) is 0 Å². The highest BCUT2D eigenvalue weighted by molar-refractivity contribution is 4.55. The van der Waals surface area contributed by atoms with Gasteiger partial charge in [-0.15, -0.1) is 0 Å². The van der Waals surface area contributed by atoms with E-state index >= 15 is 0 Å². The smallest absolute Gasteiger partial charge is 0.143 e. The molecular formula is C4H8NO2. The highest BCUT2D eigenvalue weighted by Gasteiger charge is 2.08. The largest absolute Gasteiger partial charge is 0.376 e. The van der Waals surface area contributed by atoms with E-state index in [-0.39, 0.29) is 0 Å².